The van der Waals surface area contributed by atoms with E-state index < -0.39 is 0 Å². The number of carbonyl (C=O) groups excluding carboxylic acids is 2. The number of nitrogens with zero attached hydrogens (tertiary/aromatic N) is 2. The van der Waals surface area contributed by atoms with Crippen LogP contribution in [-0.2, 0) is 9.59 Å². The zero-order valence-corrected chi connectivity index (χ0v) is 8.86. The van der Waals surface area contributed by atoms with Crippen molar-refractivity contribution in [3.63, 3.8) is 0 Å². The summed E-state index contributed by atoms with van der Waals surface area (Å²) in [5, 5.41) is 11.3. The number of aromatic nitrogens is 3. The van der Waals surface area contributed by atoms with E-state index in [4.69, 9.17) is 5.73 Å². The van der Waals surface area contributed by atoms with Crippen LogP contribution >= 0.6 is 0 Å². The Hall–Kier alpha value is -1.96. The van der Waals surface area contributed by atoms with E-state index in [1.807, 2.05) is 0 Å². The van der Waals surface area contributed by atoms with E-state index >= 15 is 0 Å². The van der Waals surface area contributed by atoms with Crippen LogP contribution in [0.3, 0.4) is 0 Å². The highest BCUT2D eigenvalue weighted by atomic mass is 16.2. The summed E-state index contributed by atoms with van der Waals surface area (Å²) in [5.41, 5.74) is 5.07. The van der Waals surface area contributed by atoms with E-state index in [0.717, 1.165) is 0 Å². The molecule has 8 nitrogen and oxygen atoms in total. The summed E-state index contributed by atoms with van der Waals surface area (Å²) in [6.07, 6.45) is 1.36. The summed E-state index contributed by atoms with van der Waals surface area (Å²) in [6.45, 7) is 1.52. The Bertz CT molecular complexity index is 349. The number of hydrogen-bond donors (Lipinski definition) is 4. The predicted octanol–water partition coefficient (Wildman–Crippen LogP) is -1.94. The van der Waals surface area contributed by atoms with Crippen molar-refractivity contribution in [2.24, 2.45) is 5.73 Å². The van der Waals surface area contributed by atoms with Crippen LogP contribution in [0.4, 0.5) is 0 Å². The van der Waals surface area contributed by atoms with Gasteiger partial charge < -0.3 is 16.4 Å². The molecule has 1 aromatic rings. The maximum absolute atomic E-state index is 11.3. The third kappa shape index (κ3) is 3.65. The molecule has 16 heavy (non-hydrogen) atoms. The molecule has 1 aromatic heterocycles. The number of hydrogen-bond acceptors (Lipinski definition) is 5. The van der Waals surface area contributed by atoms with Gasteiger partial charge in [-0.25, -0.2) is 4.98 Å². The fourth-order valence-electron chi connectivity index (χ4n) is 1.04. The summed E-state index contributed by atoms with van der Waals surface area (Å²) in [6, 6.07) is -0.287. The first-order valence-corrected chi connectivity index (χ1v) is 4.75. The van der Waals surface area contributed by atoms with Gasteiger partial charge in [-0.1, -0.05) is 0 Å². The Balaban J connectivity index is 2.32. The topological polar surface area (TPSA) is 126 Å². The van der Waals surface area contributed by atoms with E-state index in [-0.39, 0.29) is 30.9 Å². The number of rotatable bonds is 5. The standard InChI is InChI=1S/C8H14N6O2/c1-5(8-11-4-12-14-8)13-7(16)3-10-6(15)2-9/h4-5H,2-3,9H2,1H3,(H,10,15)(H,13,16)(H,11,12,14). The van der Waals surface area contributed by atoms with Gasteiger partial charge in [-0.05, 0) is 6.92 Å². The third-order valence-electron chi connectivity index (χ3n) is 1.85. The normalized spacial score (nSPS) is 11.9. The highest BCUT2D eigenvalue weighted by Gasteiger charge is 2.11. The maximum Gasteiger partial charge on any atom is 0.239 e. The van der Waals surface area contributed by atoms with Crippen LogP contribution in [-0.4, -0.2) is 40.1 Å². The number of H-pyrrole nitrogens is 1. The van der Waals surface area contributed by atoms with E-state index in [1.54, 1.807) is 6.92 Å². The van der Waals surface area contributed by atoms with Gasteiger partial charge >= 0.3 is 0 Å². The van der Waals surface area contributed by atoms with Crippen LogP contribution in [0.2, 0.25) is 0 Å². The zero-order chi connectivity index (χ0) is 12.0. The number of amides is 2. The lowest BCUT2D eigenvalue weighted by Gasteiger charge is -2.11. The molecule has 0 fully saturated rings. The van der Waals surface area contributed by atoms with Crippen molar-refractivity contribution in [3.8, 4) is 0 Å². The highest BCUT2D eigenvalue weighted by molar-refractivity contribution is 5.85. The fraction of sp³-hybridized carbons (Fsp3) is 0.500. The average Bonchev–Trinajstić information content (AvgIpc) is 2.79. The Morgan fingerprint density at radius 1 is 1.56 bits per heavy atom. The molecule has 0 bridgehead atoms. The monoisotopic (exact) mass is 226 g/mol. The Labute approximate surface area is 92.0 Å². The smallest absolute Gasteiger partial charge is 0.239 e. The molecule has 0 aliphatic rings. The summed E-state index contributed by atoms with van der Waals surface area (Å²) >= 11 is 0. The molecule has 88 valence electrons. The van der Waals surface area contributed by atoms with Gasteiger partial charge in [-0.15, -0.1) is 0 Å². The molecule has 0 spiro atoms. The van der Waals surface area contributed by atoms with Gasteiger partial charge in [0.1, 0.15) is 12.2 Å². The van der Waals surface area contributed by atoms with Gasteiger partial charge in [-0.2, -0.15) is 5.10 Å². The van der Waals surface area contributed by atoms with Crippen LogP contribution in [0.25, 0.3) is 0 Å². The molecule has 0 radical (unpaired) electrons. The van der Waals surface area contributed by atoms with Gasteiger partial charge in [0.05, 0.1) is 19.1 Å². The van der Waals surface area contributed by atoms with Gasteiger partial charge in [0.15, 0.2) is 0 Å². The van der Waals surface area contributed by atoms with Crippen LogP contribution in [0, 0.1) is 0 Å². The van der Waals surface area contributed by atoms with Crippen LogP contribution in [0.15, 0.2) is 6.33 Å². The molecule has 0 aliphatic carbocycles. The maximum atomic E-state index is 11.3. The van der Waals surface area contributed by atoms with E-state index in [9.17, 15) is 9.59 Å². The molecule has 8 heteroatoms. The molecule has 0 aliphatic heterocycles. The quantitative estimate of drug-likeness (QED) is 0.464. The Morgan fingerprint density at radius 2 is 2.31 bits per heavy atom. The van der Waals surface area contributed by atoms with Crippen molar-refractivity contribution >= 4 is 11.8 Å². The lowest BCUT2D eigenvalue weighted by molar-refractivity contribution is -0.125. The van der Waals surface area contributed by atoms with Crippen LogP contribution in [0.5, 0.6) is 0 Å². The minimum absolute atomic E-state index is 0.103. The van der Waals surface area contributed by atoms with E-state index in [0.29, 0.717) is 5.82 Å². The summed E-state index contributed by atoms with van der Waals surface area (Å²) < 4.78 is 0. The SMILES string of the molecule is CC(NC(=O)CNC(=O)CN)c1ncn[nH]1. The second-order valence-electron chi connectivity index (χ2n) is 3.14. The predicted molar refractivity (Wildman–Crippen MR) is 55.0 cm³/mol. The number of nitrogens with one attached hydrogen (secondary N) is 3. The molecule has 1 heterocycles. The van der Waals surface area contributed by atoms with E-state index in [2.05, 4.69) is 25.8 Å². The van der Waals surface area contributed by atoms with Crippen molar-refractivity contribution in [2.75, 3.05) is 13.1 Å². The highest BCUT2D eigenvalue weighted by Crippen LogP contribution is 2.02. The van der Waals surface area contributed by atoms with Crippen molar-refractivity contribution in [1.29, 1.82) is 0 Å². The van der Waals surface area contributed by atoms with Gasteiger partial charge in [0.2, 0.25) is 11.8 Å². The lowest BCUT2D eigenvalue weighted by atomic mass is 10.3. The minimum atomic E-state index is -0.373. The van der Waals surface area contributed by atoms with E-state index in [1.165, 1.54) is 6.33 Å². The number of nitrogens with two attached hydrogens (primary N) is 1. The van der Waals surface area contributed by atoms with Crippen molar-refractivity contribution < 1.29 is 9.59 Å². The van der Waals surface area contributed by atoms with Crippen molar-refractivity contribution in [2.45, 2.75) is 13.0 Å². The number of aromatic amines is 1. The van der Waals surface area contributed by atoms with Crippen LogP contribution < -0.4 is 16.4 Å². The molecule has 0 aromatic carbocycles. The molecule has 1 rings (SSSR count). The average molecular weight is 226 g/mol. The van der Waals surface area contributed by atoms with Crippen molar-refractivity contribution in [3.05, 3.63) is 12.2 Å². The summed E-state index contributed by atoms with van der Waals surface area (Å²) in [5.74, 6) is -0.133. The van der Waals surface area contributed by atoms with Crippen LogP contribution in [0.1, 0.15) is 18.8 Å². The molecule has 2 amide bonds. The molecular formula is C8H14N6O2. The Kier molecular flexibility index (Phi) is 4.40. The molecule has 5 N–H and O–H groups in total. The largest absolute Gasteiger partial charge is 0.346 e. The molecular weight excluding hydrogens is 212 g/mol. The summed E-state index contributed by atoms with van der Waals surface area (Å²) in [7, 11) is 0. The van der Waals surface area contributed by atoms with Crippen molar-refractivity contribution in [1.82, 2.24) is 25.8 Å². The first kappa shape index (κ1) is 12.1. The second kappa shape index (κ2) is 5.81. The third-order valence-corrected chi connectivity index (χ3v) is 1.85. The molecule has 1 unspecified atom stereocenters. The van der Waals surface area contributed by atoms with Gasteiger partial charge in [0, 0.05) is 0 Å². The first-order chi connectivity index (χ1) is 7.63. The van der Waals surface area contributed by atoms with Gasteiger partial charge in [0.25, 0.3) is 0 Å². The lowest BCUT2D eigenvalue weighted by Crippen LogP contribution is -2.40. The first-order valence-electron chi connectivity index (χ1n) is 4.75. The van der Waals surface area contributed by atoms with Gasteiger partial charge in [-0.3, -0.25) is 14.7 Å². The molecule has 1 atom stereocenters. The number of carbonyl (C=O) groups is 2. The molecule has 0 saturated heterocycles. The fourth-order valence-corrected chi connectivity index (χ4v) is 1.04. The zero-order valence-electron chi connectivity index (χ0n) is 8.86. The molecule has 0 saturated carbocycles. The second-order valence-corrected chi connectivity index (χ2v) is 3.14. The Morgan fingerprint density at radius 3 is 2.88 bits per heavy atom. The minimum Gasteiger partial charge on any atom is -0.346 e. The summed E-state index contributed by atoms with van der Waals surface area (Å²) in [4.78, 5) is 26.0.